The first kappa shape index (κ1) is 23.7. The van der Waals surface area contributed by atoms with Gasteiger partial charge in [0.1, 0.15) is 5.82 Å². The summed E-state index contributed by atoms with van der Waals surface area (Å²) in [5.41, 5.74) is 6.09. The quantitative estimate of drug-likeness (QED) is 0.395. The SMILES string of the molecule is Cc1cc(-c2cnn3c(NCC4CCCOCC4)cc(-c4ccnn4C)nc23)ccc1C(=O)NC1CC1. The Balaban J connectivity index is 1.37. The Morgan fingerprint density at radius 2 is 2.00 bits per heavy atom. The van der Waals surface area contributed by atoms with E-state index in [2.05, 4.69) is 21.8 Å². The summed E-state index contributed by atoms with van der Waals surface area (Å²) in [6.07, 6.45) is 9.09. The number of hydrogen-bond donors (Lipinski definition) is 2. The summed E-state index contributed by atoms with van der Waals surface area (Å²) in [7, 11) is 1.92. The van der Waals surface area contributed by atoms with Crippen LogP contribution in [0.5, 0.6) is 0 Å². The predicted molar refractivity (Wildman–Crippen MR) is 142 cm³/mol. The Morgan fingerprint density at radius 3 is 2.78 bits per heavy atom. The van der Waals surface area contributed by atoms with Crippen molar-refractivity contribution in [1.29, 1.82) is 0 Å². The van der Waals surface area contributed by atoms with E-state index in [0.29, 0.717) is 17.5 Å². The maximum atomic E-state index is 12.6. The number of hydrogen-bond acceptors (Lipinski definition) is 6. The number of nitrogens with one attached hydrogen (secondary N) is 2. The largest absolute Gasteiger partial charge is 0.381 e. The Kier molecular flexibility index (Phi) is 6.38. The molecule has 0 bridgehead atoms. The third kappa shape index (κ3) is 4.96. The van der Waals surface area contributed by atoms with Crippen LogP contribution in [0.1, 0.15) is 48.0 Å². The van der Waals surface area contributed by atoms with Gasteiger partial charge in [-0.25, -0.2) is 4.98 Å². The van der Waals surface area contributed by atoms with Crippen molar-refractivity contribution < 1.29 is 9.53 Å². The van der Waals surface area contributed by atoms with Crippen LogP contribution < -0.4 is 10.6 Å². The maximum Gasteiger partial charge on any atom is 0.251 e. The highest BCUT2D eigenvalue weighted by Gasteiger charge is 2.25. The molecule has 0 spiro atoms. The van der Waals surface area contributed by atoms with E-state index in [9.17, 15) is 4.79 Å². The van der Waals surface area contributed by atoms with Crippen LogP contribution in [0.3, 0.4) is 0 Å². The Labute approximate surface area is 216 Å². The minimum Gasteiger partial charge on any atom is -0.381 e. The smallest absolute Gasteiger partial charge is 0.251 e. The zero-order valence-electron chi connectivity index (χ0n) is 21.4. The first-order chi connectivity index (χ1) is 18.1. The zero-order chi connectivity index (χ0) is 25.4. The van der Waals surface area contributed by atoms with Crippen molar-refractivity contribution >= 4 is 17.4 Å². The third-order valence-electron chi connectivity index (χ3n) is 7.39. The van der Waals surface area contributed by atoms with Crippen LogP contribution in [0.4, 0.5) is 5.82 Å². The first-order valence-electron chi connectivity index (χ1n) is 13.2. The lowest BCUT2D eigenvalue weighted by Gasteiger charge is -2.16. The van der Waals surface area contributed by atoms with E-state index in [4.69, 9.17) is 14.8 Å². The van der Waals surface area contributed by atoms with Gasteiger partial charge in [-0.1, -0.05) is 12.1 Å². The molecule has 1 aromatic carbocycles. The molecule has 192 valence electrons. The maximum absolute atomic E-state index is 12.6. The molecular formula is C28H33N7O2. The number of carbonyl (C=O) groups excluding carboxylic acids is 1. The Hall–Kier alpha value is -3.72. The highest BCUT2D eigenvalue weighted by molar-refractivity contribution is 5.97. The standard InChI is InChI=1S/C28H33N7O2/c1-18-14-20(5-8-22(18)28(36)32-21-6-7-21)23-17-31-35-26(29-16-19-4-3-12-37-13-10-19)15-24(33-27(23)35)25-9-11-30-34(25)2/h5,8-9,11,14-15,17,19,21,29H,3-4,6-7,10,12-13,16H2,1-2H3,(H,32,36). The van der Waals surface area contributed by atoms with E-state index in [1.54, 1.807) is 6.20 Å². The summed E-state index contributed by atoms with van der Waals surface area (Å²) in [6, 6.07) is 10.3. The third-order valence-corrected chi connectivity index (χ3v) is 7.39. The van der Waals surface area contributed by atoms with Gasteiger partial charge in [0.25, 0.3) is 5.91 Å². The van der Waals surface area contributed by atoms with Crippen LogP contribution in [-0.2, 0) is 11.8 Å². The molecule has 9 nitrogen and oxygen atoms in total. The lowest BCUT2D eigenvalue weighted by Crippen LogP contribution is -2.26. The molecule has 2 N–H and O–H groups in total. The minimum atomic E-state index is -0.00145. The number of aromatic nitrogens is 5. The molecule has 1 aliphatic carbocycles. The average Bonchev–Trinajstić information content (AvgIpc) is 3.53. The van der Waals surface area contributed by atoms with E-state index >= 15 is 0 Å². The van der Waals surface area contributed by atoms with E-state index in [1.807, 2.05) is 53.6 Å². The van der Waals surface area contributed by atoms with Crippen molar-refractivity contribution in [3.63, 3.8) is 0 Å². The second-order valence-corrected chi connectivity index (χ2v) is 10.2. The topological polar surface area (TPSA) is 98.4 Å². The molecule has 1 amide bonds. The van der Waals surface area contributed by atoms with E-state index in [-0.39, 0.29) is 5.91 Å². The van der Waals surface area contributed by atoms with Crippen LogP contribution in [0, 0.1) is 12.8 Å². The summed E-state index contributed by atoms with van der Waals surface area (Å²) in [5, 5.41) is 15.8. The van der Waals surface area contributed by atoms with Crippen LogP contribution in [0.2, 0.25) is 0 Å². The average molecular weight is 500 g/mol. The number of nitrogens with zero attached hydrogens (tertiary/aromatic N) is 5. The number of anilines is 1. The summed E-state index contributed by atoms with van der Waals surface area (Å²) in [6.45, 7) is 4.50. The molecule has 1 aliphatic heterocycles. The molecule has 9 heteroatoms. The lowest BCUT2D eigenvalue weighted by atomic mass is 10.0. The van der Waals surface area contributed by atoms with Crippen molar-refractivity contribution in [3.8, 4) is 22.5 Å². The molecule has 3 aromatic heterocycles. The second kappa shape index (κ2) is 9.97. The zero-order valence-corrected chi connectivity index (χ0v) is 21.4. The summed E-state index contributed by atoms with van der Waals surface area (Å²) in [4.78, 5) is 17.7. The van der Waals surface area contributed by atoms with E-state index in [0.717, 1.165) is 91.4 Å². The molecule has 4 heterocycles. The van der Waals surface area contributed by atoms with Crippen LogP contribution in [0.25, 0.3) is 28.2 Å². The van der Waals surface area contributed by atoms with E-state index < -0.39 is 0 Å². The number of carbonyl (C=O) groups is 1. The van der Waals surface area contributed by atoms with Gasteiger partial charge in [0.15, 0.2) is 5.65 Å². The number of fused-ring (bicyclic) bond motifs is 1. The summed E-state index contributed by atoms with van der Waals surface area (Å²) in [5.74, 6) is 1.45. The molecular weight excluding hydrogens is 466 g/mol. The molecule has 1 unspecified atom stereocenters. The van der Waals surface area contributed by atoms with Gasteiger partial charge in [0.2, 0.25) is 0 Å². The molecule has 1 saturated carbocycles. The van der Waals surface area contributed by atoms with Crippen molar-refractivity contribution in [2.45, 2.75) is 45.1 Å². The van der Waals surface area contributed by atoms with Gasteiger partial charge >= 0.3 is 0 Å². The van der Waals surface area contributed by atoms with Crippen LogP contribution in [-0.4, -0.2) is 56.1 Å². The van der Waals surface area contributed by atoms with Crippen LogP contribution >= 0.6 is 0 Å². The number of aryl methyl sites for hydroxylation is 2. The molecule has 1 atom stereocenters. The number of benzene rings is 1. The van der Waals surface area contributed by atoms with Crippen LogP contribution in [0.15, 0.2) is 42.7 Å². The first-order valence-corrected chi connectivity index (χ1v) is 13.2. The normalized spacial score (nSPS) is 18.1. The van der Waals surface area contributed by atoms with Crippen molar-refractivity contribution in [3.05, 3.63) is 53.9 Å². The molecule has 1 saturated heterocycles. The Bertz CT molecular complexity index is 1430. The van der Waals surface area contributed by atoms with Gasteiger partial charge in [-0.05, 0) is 68.2 Å². The minimum absolute atomic E-state index is 0.00145. The van der Waals surface area contributed by atoms with Crippen molar-refractivity contribution in [2.75, 3.05) is 25.1 Å². The number of amides is 1. The predicted octanol–water partition coefficient (Wildman–Crippen LogP) is 4.23. The fraction of sp³-hybridized carbons (Fsp3) is 0.429. The monoisotopic (exact) mass is 499 g/mol. The van der Waals surface area contributed by atoms with Gasteiger partial charge < -0.3 is 15.4 Å². The molecule has 2 fully saturated rings. The van der Waals surface area contributed by atoms with Crippen molar-refractivity contribution in [1.82, 2.24) is 29.7 Å². The molecule has 2 aliphatic rings. The van der Waals surface area contributed by atoms with Gasteiger partial charge in [0, 0.05) is 56.2 Å². The molecule has 0 radical (unpaired) electrons. The molecule has 6 rings (SSSR count). The Morgan fingerprint density at radius 1 is 1.11 bits per heavy atom. The highest BCUT2D eigenvalue weighted by atomic mass is 16.5. The second-order valence-electron chi connectivity index (χ2n) is 10.2. The van der Waals surface area contributed by atoms with Gasteiger partial charge in [-0.15, -0.1) is 0 Å². The number of ether oxygens (including phenoxy) is 1. The fourth-order valence-corrected chi connectivity index (χ4v) is 5.05. The number of rotatable bonds is 7. The summed E-state index contributed by atoms with van der Waals surface area (Å²) < 4.78 is 9.36. The fourth-order valence-electron chi connectivity index (χ4n) is 5.05. The molecule has 4 aromatic rings. The van der Waals surface area contributed by atoms with E-state index in [1.165, 1.54) is 0 Å². The van der Waals surface area contributed by atoms with Crippen molar-refractivity contribution in [2.24, 2.45) is 13.0 Å². The lowest BCUT2D eigenvalue weighted by molar-refractivity contribution is 0.0950. The van der Waals surface area contributed by atoms with Gasteiger partial charge in [-0.3, -0.25) is 9.48 Å². The molecule has 37 heavy (non-hydrogen) atoms. The summed E-state index contributed by atoms with van der Waals surface area (Å²) >= 11 is 0. The highest BCUT2D eigenvalue weighted by Crippen LogP contribution is 2.31. The van der Waals surface area contributed by atoms with Gasteiger partial charge in [0.05, 0.1) is 17.6 Å². The van der Waals surface area contributed by atoms with Gasteiger partial charge in [-0.2, -0.15) is 14.7 Å².